The number of hydrogen-bond acceptors (Lipinski definition) is 8. The SMILES string of the molecule is CCCCCCCCCCCCCCCCCCCCCCCC(=O)OC(COC(=O)CCCCCCCCCCCCCCCCC)COP(=O)(O)OCCN. The summed E-state index contributed by atoms with van der Waals surface area (Å²) in [4.78, 5) is 35.0. The van der Waals surface area contributed by atoms with Crippen molar-refractivity contribution in [3.8, 4) is 0 Å². The lowest BCUT2D eigenvalue weighted by Gasteiger charge is -2.19. The Kier molecular flexibility index (Phi) is 43.8. The van der Waals surface area contributed by atoms with Gasteiger partial charge in [-0.05, 0) is 12.8 Å². The van der Waals surface area contributed by atoms with Crippen LogP contribution in [0.5, 0.6) is 0 Å². The normalized spacial score (nSPS) is 13.1. The number of phosphoric ester groups is 1. The van der Waals surface area contributed by atoms with Gasteiger partial charge in [0.1, 0.15) is 6.61 Å². The Bertz CT molecular complexity index is 907. The first-order valence-electron chi connectivity index (χ1n) is 24.5. The van der Waals surface area contributed by atoms with E-state index in [0.717, 1.165) is 32.1 Å². The molecule has 10 heteroatoms. The highest BCUT2D eigenvalue weighted by Crippen LogP contribution is 2.43. The Morgan fingerprint density at radius 2 is 0.754 bits per heavy atom. The first-order valence-corrected chi connectivity index (χ1v) is 26.0. The minimum Gasteiger partial charge on any atom is -0.462 e. The van der Waals surface area contributed by atoms with E-state index in [0.29, 0.717) is 6.42 Å². The molecule has 2 unspecified atom stereocenters. The molecule has 0 aromatic heterocycles. The number of carbonyl (C=O) groups excluding carboxylic acids is 2. The van der Waals surface area contributed by atoms with Gasteiger partial charge in [-0.3, -0.25) is 18.6 Å². The van der Waals surface area contributed by atoms with Crippen LogP contribution in [-0.4, -0.2) is 49.3 Å². The summed E-state index contributed by atoms with van der Waals surface area (Å²) in [6.07, 6.45) is 45.6. The third kappa shape index (κ3) is 44.4. The summed E-state index contributed by atoms with van der Waals surface area (Å²) in [6.45, 7) is 3.79. The zero-order chi connectivity index (χ0) is 41.8. The van der Waals surface area contributed by atoms with E-state index in [1.807, 2.05) is 0 Å². The van der Waals surface area contributed by atoms with Gasteiger partial charge in [-0.1, -0.05) is 232 Å². The van der Waals surface area contributed by atoms with Crippen LogP contribution in [0, 0.1) is 0 Å². The largest absolute Gasteiger partial charge is 0.472 e. The number of carbonyl (C=O) groups is 2. The van der Waals surface area contributed by atoms with E-state index < -0.39 is 26.5 Å². The van der Waals surface area contributed by atoms with Crippen molar-refractivity contribution in [2.75, 3.05) is 26.4 Å². The summed E-state index contributed by atoms with van der Waals surface area (Å²) >= 11 is 0. The first kappa shape index (κ1) is 56.0. The summed E-state index contributed by atoms with van der Waals surface area (Å²) in [5.41, 5.74) is 5.36. The standard InChI is InChI=1S/C47H94NO8P/c1-3-5-7-9-11-13-15-17-19-20-21-22-23-24-26-28-30-32-34-36-38-40-47(50)56-45(44-55-57(51,52)54-42-41-48)43-53-46(49)39-37-35-33-31-29-27-25-18-16-14-12-10-8-6-4-2/h45H,3-44,48H2,1-2H3,(H,51,52). The van der Waals surface area contributed by atoms with Crippen molar-refractivity contribution >= 4 is 19.8 Å². The topological polar surface area (TPSA) is 134 Å². The van der Waals surface area contributed by atoms with Crippen molar-refractivity contribution < 1.29 is 37.6 Å². The molecule has 0 aliphatic heterocycles. The summed E-state index contributed by atoms with van der Waals surface area (Å²) in [7, 11) is -4.37. The maximum atomic E-state index is 12.6. The van der Waals surface area contributed by atoms with Gasteiger partial charge in [0.25, 0.3) is 0 Å². The van der Waals surface area contributed by atoms with E-state index in [1.54, 1.807) is 0 Å². The second kappa shape index (κ2) is 44.6. The maximum absolute atomic E-state index is 12.6. The summed E-state index contributed by atoms with van der Waals surface area (Å²) in [5, 5.41) is 0. The van der Waals surface area contributed by atoms with Gasteiger partial charge in [-0.2, -0.15) is 0 Å². The van der Waals surface area contributed by atoms with Crippen molar-refractivity contribution in [3.05, 3.63) is 0 Å². The molecule has 0 rings (SSSR count). The molecule has 2 atom stereocenters. The van der Waals surface area contributed by atoms with Gasteiger partial charge in [-0.25, -0.2) is 4.57 Å². The van der Waals surface area contributed by atoms with Gasteiger partial charge in [0.15, 0.2) is 6.10 Å². The predicted molar refractivity (Wildman–Crippen MR) is 238 cm³/mol. The van der Waals surface area contributed by atoms with Crippen LogP contribution in [0.2, 0.25) is 0 Å². The zero-order valence-electron chi connectivity index (χ0n) is 37.6. The second-order valence-electron chi connectivity index (χ2n) is 16.7. The quantitative estimate of drug-likeness (QED) is 0.0349. The molecule has 0 aromatic carbocycles. The molecule has 3 N–H and O–H groups in total. The molecule has 0 aliphatic rings. The highest BCUT2D eigenvalue weighted by Gasteiger charge is 2.26. The van der Waals surface area contributed by atoms with Crippen molar-refractivity contribution in [2.24, 2.45) is 5.73 Å². The molecule has 340 valence electrons. The molecule has 0 aliphatic carbocycles. The van der Waals surface area contributed by atoms with Crippen LogP contribution >= 0.6 is 7.82 Å². The van der Waals surface area contributed by atoms with Gasteiger partial charge in [-0.15, -0.1) is 0 Å². The third-order valence-electron chi connectivity index (χ3n) is 11.0. The maximum Gasteiger partial charge on any atom is 0.472 e. The number of unbranched alkanes of at least 4 members (excludes halogenated alkanes) is 34. The minimum atomic E-state index is -4.37. The lowest BCUT2D eigenvalue weighted by Crippen LogP contribution is -2.29. The van der Waals surface area contributed by atoms with Crippen molar-refractivity contribution in [1.82, 2.24) is 0 Å². The van der Waals surface area contributed by atoms with Crippen molar-refractivity contribution in [3.63, 3.8) is 0 Å². The minimum absolute atomic E-state index is 0.0583. The number of hydrogen-bond donors (Lipinski definition) is 2. The summed E-state index contributed by atoms with van der Waals surface area (Å²) in [6, 6.07) is 0. The molecule has 0 saturated carbocycles. The van der Waals surface area contributed by atoms with Crippen LogP contribution in [0.25, 0.3) is 0 Å². The third-order valence-corrected chi connectivity index (χ3v) is 12.0. The molecule has 0 aromatic rings. The van der Waals surface area contributed by atoms with Gasteiger partial charge >= 0.3 is 19.8 Å². The lowest BCUT2D eigenvalue weighted by atomic mass is 10.0. The predicted octanol–water partition coefficient (Wildman–Crippen LogP) is 14.4. The monoisotopic (exact) mass is 832 g/mol. The Morgan fingerprint density at radius 1 is 0.456 bits per heavy atom. The van der Waals surface area contributed by atoms with E-state index >= 15 is 0 Å². The first-order chi connectivity index (χ1) is 27.8. The fraction of sp³-hybridized carbons (Fsp3) is 0.957. The highest BCUT2D eigenvalue weighted by atomic mass is 31.2. The smallest absolute Gasteiger partial charge is 0.462 e. The Hall–Kier alpha value is -0.990. The van der Waals surface area contributed by atoms with Crippen LogP contribution in [0.4, 0.5) is 0 Å². The molecular formula is C47H94NO8P. The van der Waals surface area contributed by atoms with E-state index in [1.165, 1.54) is 193 Å². The number of nitrogens with two attached hydrogens (primary N) is 1. The number of phosphoric acid groups is 1. The molecule has 57 heavy (non-hydrogen) atoms. The molecule has 0 saturated heterocycles. The Morgan fingerprint density at radius 3 is 1.07 bits per heavy atom. The molecule has 0 radical (unpaired) electrons. The number of ether oxygens (including phenoxy) is 2. The summed E-state index contributed by atoms with van der Waals surface area (Å²) in [5.74, 6) is -0.808. The molecule has 0 fully saturated rings. The average molecular weight is 832 g/mol. The van der Waals surface area contributed by atoms with Gasteiger partial charge < -0.3 is 20.1 Å². The van der Waals surface area contributed by atoms with Gasteiger partial charge in [0.2, 0.25) is 0 Å². The fourth-order valence-corrected chi connectivity index (χ4v) is 8.11. The van der Waals surface area contributed by atoms with Crippen molar-refractivity contribution in [1.29, 1.82) is 0 Å². The Labute approximate surface area is 352 Å². The van der Waals surface area contributed by atoms with Gasteiger partial charge in [0, 0.05) is 19.4 Å². The molecule has 0 heterocycles. The van der Waals surface area contributed by atoms with Crippen LogP contribution in [0.1, 0.15) is 258 Å². The van der Waals surface area contributed by atoms with E-state index in [2.05, 4.69) is 13.8 Å². The van der Waals surface area contributed by atoms with Crippen molar-refractivity contribution in [2.45, 2.75) is 264 Å². The highest BCUT2D eigenvalue weighted by molar-refractivity contribution is 7.47. The van der Waals surface area contributed by atoms with Crippen LogP contribution < -0.4 is 5.73 Å². The van der Waals surface area contributed by atoms with Gasteiger partial charge in [0.05, 0.1) is 13.2 Å². The second-order valence-corrected chi connectivity index (χ2v) is 18.2. The number of esters is 2. The average Bonchev–Trinajstić information content (AvgIpc) is 3.20. The van der Waals surface area contributed by atoms with Crippen LogP contribution in [0.3, 0.4) is 0 Å². The lowest BCUT2D eigenvalue weighted by molar-refractivity contribution is -0.161. The van der Waals surface area contributed by atoms with E-state index in [9.17, 15) is 19.0 Å². The number of rotatable bonds is 47. The van der Waals surface area contributed by atoms with Crippen LogP contribution in [-0.2, 0) is 32.7 Å². The molecule has 9 nitrogen and oxygen atoms in total. The molecular weight excluding hydrogens is 737 g/mol. The molecule has 0 bridgehead atoms. The summed E-state index contributed by atoms with van der Waals surface area (Å²) < 4.78 is 32.9. The Balaban J connectivity index is 4.00. The van der Waals surface area contributed by atoms with E-state index in [4.69, 9.17) is 24.3 Å². The van der Waals surface area contributed by atoms with Crippen LogP contribution in [0.15, 0.2) is 0 Å². The zero-order valence-corrected chi connectivity index (χ0v) is 38.5. The fourth-order valence-electron chi connectivity index (χ4n) is 7.34. The molecule has 0 spiro atoms. The molecule has 0 amide bonds. The van der Waals surface area contributed by atoms with E-state index in [-0.39, 0.29) is 38.6 Å².